The Balaban J connectivity index is 2.92. The van der Waals surface area contributed by atoms with E-state index in [2.05, 4.69) is 15.7 Å². The minimum atomic E-state index is -1.06. The molecule has 0 aliphatic rings. The van der Waals surface area contributed by atoms with Crippen molar-refractivity contribution in [1.82, 2.24) is 5.43 Å². The molecule has 0 radical (unpaired) electrons. The van der Waals surface area contributed by atoms with Crippen molar-refractivity contribution in [3.05, 3.63) is 29.6 Å². The van der Waals surface area contributed by atoms with Crippen LogP contribution in [0.3, 0.4) is 0 Å². The van der Waals surface area contributed by atoms with E-state index in [4.69, 9.17) is 5.84 Å². The first-order valence-electron chi connectivity index (χ1n) is 5.36. The molecule has 1 aromatic rings. The summed E-state index contributed by atoms with van der Waals surface area (Å²) in [6.07, 6.45) is 0. The second-order valence-electron chi connectivity index (χ2n) is 4.10. The topological polar surface area (TPSA) is 62.4 Å². The Morgan fingerprint density at radius 2 is 1.83 bits per heavy atom. The lowest BCUT2D eigenvalue weighted by Gasteiger charge is -2.11. The van der Waals surface area contributed by atoms with Gasteiger partial charge < -0.3 is 5.32 Å². The molecule has 100 valence electrons. The van der Waals surface area contributed by atoms with Gasteiger partial charge in [-0.05, 0) is 5.92 Å². The van der Waals surface area contributed by atoms with Gasteiger partial charge in [-0.2, -0.15) is 0 Å². The molecule has 18 heavy (non-hydrogen) atoms. The van der Waals surface area contributed by atoms with Crippen molar-refractivity contribution in [2.24, 2.45) is 16.8 Å². The molecule has 0 saturated carbocycles. The molecule has 1 rings (SSSR count). The van der Waals surface area contributed by atoms with Crippen molar-refractivity contribution in [2.75, 3.05) is 11.9 Å². The number of rotatable bonds is 3. The highest BCUT2D eigenvalue weighted by Gasteiger charge is 2.12. The average molecular weight is 260 g/mol. The van der Waals surface area contributed by atoms with Crippen LogP contribution in [0.2, 0.25) is 0 Å². The second kappa shape index (κ2) is 6.25. The molecule has 0 unspecified atom stereocenters. The third-order valence-corrected chi connectivity index (χ3v) is 2.00. The second-order valence-corrected chi connectivity index (χ2v) is 4.10. The fraction of sp³-hybridized carbons (Fsp3) is 0.364. The Labute approximate surface area is 103 Å². The minimum absolute atomic E-state index is 0.00751. The normalized spacial score (nSPS) is 11.8. The number of nitrogens with two attached hydrogens (primary N) is 1. The summed E-state index contributed by atoms with van der Waals surface area (Å²) in [5.74, 6) is 2.34. The highest BCUT2D eigenvalue weighted by molar-refractivity contribution is 5.93. The minimum Gasteiger partial charge on any atom is -0.320 e. The van der Waals surface area contributed by atoms with Gasteiger partial charge in [0.2, 0.25) is 5.96 Å². The third-order valence-electron chi connectivity index (χ3n) is 2.00. The largest absolute Gasteiger partial charge is 0.320 e. The van der Waals surface area contributed by atoms with Gasteiger partial charge in [0.1, 0.15) is 11.5 Å². The number of halogens is 3. The predicted molar refractivity (Wildman–Crippen MR) is 64.4 cm³/mol. The van der Waals surface area contributed by atoms with Crippen molar-refractivity contribution in [3.8, 4) is 0 Å². The Morgan fingerprint density at radius 1 is 1.28 bits per heavy atom. The van der Waals surface area contributed by atoms with Crippen molar-refractivity contribution < 1.29 is 13.2 Å². The van der Waals surface area contributed by atoms with Crippen LogP contribution < -0.4 is 16.6 Å². The maximum atomic E-state index is 13.3. The summed E-state index contributed by atoms with van der Waals surface area (Å²) in [4.78, 5) is 3.98. The fourth-order valence-corrected chi connectivity index (χ4v) is 1.18. The van der Waals surface area contributed by atoms with E-state index in [0.717, 1.165) is 0 Å². The van der Waals surface area contributed by atoms with Gasteiger partial charge in [-0.1, -0.05) is 13.8 Å². The molecular weight excluding hydrogens is 245 g/mol. The number of nitrogens with zero attached hydrogens (tertiary/aromatic N) is 1. The molecular formula is C11H15F3N4. The number of nitrogens with one attached hydrogen (secondary N) is 2. The SMILES string of the molecule is CC(C)CN=C(NN)Nc1c(F)cc(F)cc1F. The van der Waals surface area contributed by atoms with Crippen LogP contribution in [0, 0.1) is 23.4 Å². The highest BCUT2D eigenvalue weighted by Crippen LogP contribution is 2.19. The fourth-order valence-electron chi connectivity index (χ4n) is 1.18. The highest BCUT2D eigenvalue weighted by atomic mass is 19.1. The van der Waals surface area contributed by atoms with Crippen molar-refractivity contribution in [1.29, 1.82) is 0 Å². The van der Waals surface area contributed by atoms with Gasteiger partial charge >= 0.3 is 0 Å². The standard InChI is InChI=1S/C11H15F3N4/c1-6(2)5-16-11(18-15)17-10-8(13)3-7(12)4-9(10)14/h3-4,6H,5,15H2,1-2H3,(H2,16,17,18). The van der Waals surface area contributed by atoms with Crippen molar-refractivity contribution in [2.45, 2.75) is 13.8 Å². The van der Waals surface area contributed by atoms with Gasteiger partial charge in [0.15, 0.2) is 11.6 Å². The molecule has 1 aromatic carbocycles. The van der Waals surface area contributed by atoms with E-state index in [0.29, 0.717) is 18.7 Å². The number of guanidine groups is 1. The third kappa shape index (κ3) is 3.92. The first-order valence-corrected chi connectivity index (χ1v) is 5.36. The van der Waals surface area contributed by atoms with Crippen LogP contribution in [0.25, 0.3) is 0 Å². The molecule has 0 bridgehead atoms. The summed E-state index contributed by atoms with van der Waals surface area (Å²) in [5.41, 5.74) is 1.68. The number of anilines is 1. The zero-order valence-electron chi connectivity index (χ0n) is 10.1. The number of benzene rings is 1. The van der Waals surface area contributed by atoms with Gasteiger partial charge in [-0.15, -0.1) is 0 Å². The molecule has 0 fully saturated rings. The van der Waals surface area contributed by atoms with E-state index in [1.165, 1.54) is 0 Å². The summed E-state index contributed by atoms with van der Waals surface area (Å²) >= 11 is 0. The molecule has 7 heteroatoms. The Hall–Kier alpha value is -1.76. The molecule has 0 amide bonds. The van der Waals surface area contributed by atoms with Gasteiger partial charge in [-0.25, -0.2) is 19.0 Å². The number of hydrogen-bond acceptors (Lipinski definition) is 2. The van der Waals surface area contributed by atoms with E-state index in [-0.39, 0.29) is 11.9 Å². The summed E-state index contributed by atoms with van der Waals surface area (Å²) in [6.45, 7) is 4.28. The maximum Gasteiger partial charge on any atom is 0.210 e. The van der Waals surface area contributed by atoms with Crippen LogP contribution >= 0.6 is 0 Å². The van der Waals surface area contributed by atoms with E-state index >= 15 is 0 Å². The Kier molecular flexibility index (Phi) is 4.96. The van der Waals surface area contributed by atoms with Crippen molar-refractivity contribution in [3.63, 3.8) is 0 Å². The summed E-state index contributed by atoms with van der Waals surface area (Å²) in [6, 6.07) is 1.14. The Morgan fingerprint density at radius 3 is 2.28 bits per heavy atom. The van der Waals surface area contributed by atoms with E-state index < -0.39 is 23.1 Å². The number of hydrogen-bond donors (Lipinski definition) is 3. The van der Waals surface area contributed by atoms with Crippen molar-refractivity contribution >= 4 is 11.6 Å². The molecule has 0 heterocycles. The van der Waals surface area contributed by atoms with Gasteiger partial charge in [0.25, 0.3) is 0 Å². The monoisotopic (exact) mass is 260 g/mol. The molecule has 0 spiro atoms. The van der Waals surface area contributed by atoms with Crippen LogP contribution in [-0.2, 0) is 0 Å². The zero-order chi connectivity index (χ0) is 13.7. The van der Waals surface area contributed by atoms with E-state index in [1.54, 1.807) is 0 Å². The van der Waals surface area contributed by atoms with Crippen LogP contribution in [0.15, 0.2) is 17.1 Å². The number of aliphatic imine (C=N–C) groups is 1. The zero-order valence-corrected chi connectivity index (χ0v) is 10.1. The van der Waals surface area contributed by atoms with Gasteiger partial charge in [-0.3, -0.25) is 10.4 Å². The Bertz CT molecular complexity index is 423. The van der Waals surface area contributed by atoms with Crippen LogP contribution in [0.5, 0.6) is 0 Å². The maximum absolute atomic E-state index is 13.3. The first kappa shape index (κ1) is 14.3. The van der Waals surface area contributed by atoms with Crippen LogP contribution in [-0.4, -0.2) is 12.5 Å². The molecule has 4 nitrogen and oxygen atoms in total. The van der Waals surface area contributed by atoms with E-state index in [1.807, 2.05) is 13.8 Å². The molecule has 0 atom stereocenters. The number of hydrazine groups is 1. The smallest absolute Gasteiger partial charge is 0.210 e. The quantitative estimate of drug-likeness (QED) is 0.337. The lowest BCUT2D eigenvalue weighted by molar-refractivity contribution is 0.549. The summed E-state index contributed by atoms with van der Waals surface area (Å²) in [7, 11) is 0. The molecule has 0 aliphatic heterocycles. The summed E-state index contributed by atoms with van der Waals surface area (Å²) in [5, 5.41) is 2.35. The first-order chi connectivity index (χ1) is 8.43. The summed E-state index contributed by atoms with van der Waals surface area (Å²) < 4.78 is 39.4. The lowest BCUT2D eigenvalue weighted by atomic mass is 10.2. The molecule has 4 N–H and O–H groups in total. The van der Waals surface area contributed by atoms with E-state index in [9.17, 15) is 13.2 Å². The van der Waals surface area contributed by atoms with Gasteiger partial charge in [0, 0.05) is 18.7 Å². The molecule has 0 saturated heterocycles. The van der Waals surface area contributed by atoms with Crippen LogP contribution in [0.4, 0.5) is 18.9 Å². The average Bonchev–Trinajstić information content (AvgIpc) is 2.26. The van der Waals surface area contributed by atoms with Gasteiger partial charge in [0.05, 0.1) is 0 Å². The van der Waals surface area contributed by atoms with Crippen LogP contribution in [0.1, 0.15) is 13.8 Å². The lowest BCUT2D eigenvalue weighted by Crippen LogP contribution is -2.37. The predicted octanol–water partition coefficient (Wildman–Crippen LogP) is 1.99. The molecule has 0 aliphatic carbocycles. The molecule has 0 aromatic heterocycles.